The minimum atomic E-state index is -0.114. The fourth-order valence-corrected chi connectivity index (χ4v) is 7.76. The topological polar surface area (TPSA) is 3.24 Å². The Bertz CT molecular complexity index is 3150. The van der Waals surface area contributed by atoms with Gasteiger partial charge in [0.15, 0.2) is 0 Å². The molecule has 1 heteroatoms. The van der Waals surface area contributed by atoms with Crippen LogP contribution in [0.2, 0.25) is 0 Å². The fraction of sp³-hybridized carbons (Fsp3) is 0. The quantitative estimate of drug-likeness (QED) is 0.158. The lowest BCUT2D eigenvalue weighted by Gasteiger charge is -2.27. The van der Waals surface area contributed by atoms with E-state index in [2.05, 4.69) is 91.0 Å². The average molecular weight is 678 g/mol. The Morgan fingerprint density at radius 1 is 0.283 bits per heavy atom. The number of hydrogen-bond donors (Lipinski definition) is 0. The molecular weight excluding hydrogens is 639 g/mol. The van der Waals surface area contributed by atoms with Crippen LogP contribution in [0.3, 0.4) is 0 Å². The van der Waals surface area contributed by atoms with Crippen LogP contribution < -0.4 is 4.90 Å². The minimum absolute atomic E-state index is 0.0889. The van der Waals surface area contributed by atoms with Crippen LogP contribution in [-0.4, -0.2) is 0 Å². The molecule has 53 heavy (non-hydrogen) atoms. The molecule has 0 atom stereocenters. The summed E-state index contributed by atoms with van der Waals surface area (Å²) in [6, 6.07) is 63.3. The molecule has 10 aromatic rings. The maximum atomic E-state index is 9.68. The van der Waals surface area contributed by atoms with Crippen molar-refractivity contribution in [1.29, 1.82) is 0 Å². The van der Waals surface area contributed by atoms with Crippen LogP contribution in [0, 0.1) is 0 Å². The molecule has 0 aromatic heterocycles. The average Bonchev–Trinajstić information content (AvgIpc) is 3.27. The second kappa shape index (κ2) is 13.0. The number of fused-ring (bicyclic) bond motifs is 6. The SMILES string of the molecule is [2H]c1c([2H])c(N(c2ccc(-c3ccccc3)cc2)c2cccc(-c3cc4ccccc4c4ccccc34)c2)c([2H])c([2H])c1-c1cc2ccccc2c2ccccc12. The van der Waals surface area contributed by atoms with Crippen molar-refractivity contribution in [3.8, 4) is 33.4 Å². The highest BCUT2D eigenvalue weighted by Crippen LogP contribution is 2.42. The van der Waals surface area contributed by atoms with Gasteiger partial charge in [-0.3, -0.25) is 0 Å². The van der Waals surface area contributed by atoms with Crippen LogP contribution >= 0.6 is 0 Å². The van der Waals surface area contributed by atoms with E-state index in [4.69, 9.17) is 0 Å². The molecule has 0 spiro atoms. The Balaban J connectivity index is 1.20. The molecular formula is C52H35N. The second-order valence-corrected chi connectivity index (χ2v) is 13.4. The zero-order chi connectivity index (χ0) is 38.6. The third-order valence-corrected chi connectivity index (χ3v) is 10.3. The number of rotatable bonds is 6. The largest absolute Gasteiger partial charge is 0.310 e. The summed E-state index contributed by atoms with van der Waals surface area (Å²) in [6.45, 7) is 0. The molecule has 10 aromatic carbocycles. The lowest BCUT2D eigenvalue weighted by atomic mass is 9.93. The summed E-state index contributed by atoms with van der Waals surface area (Å²) in [5, 5.41) is 8.57. The third kappa shape index (κ3) is 5.51. The highest BCUT2D eigenvalue weighted by molar-refractivity contribution is 6.15. The first-order valence-electron chi connectivity index (χ1n) is 19.9. The first kappa shape index (κ1) is 26.8. The summed E-state index contributed by atoms with van der Waals surface area (Å²) in [5.41, 5.74) is 6.76. The van der Waals surface area contributed by atoms with Gasteiger partial charge in [-0.25, -0.2) is 0 Å². The molecule has 248 valence electrons. The van der Waals surface area contributed by atoms with Crippen molar-refractivity contribution in [3.05, 3.63) is 212 Å². The van der Waals surface area contributed by atoms with Crippen LogP contribution in [0.15, 0.2) is 212 Å². The van der Waals surface area contributed by atoms with E-state index in [1.165, 1.54) is 10.8 Å². The van der Waals surface area contributed by atoms with E-state index in [1.54, 1.807) is 0 Å². The van der Waals surface area contributed by atoms with Crippen LogP contribution in [0.1, 0.15) is 5.48 Å². The molecule has 0 radical (unpaired) electrons. The van der Waals surface area contributed by atoms with Gasteiger partial charge in [0.05, 0.1) is 5.48 Å². The Labute approximate surface area is 315 Å². The zero-order valence-electron chi connectivity index (χ0n) is 32.8. The summed E-state index contributed by atoms with van der Waals surface area (Å²) in [4.78, 5) is 1.88. The van der Waals surface area contributed by atoms with Gasteiger partial charge in [0.1, 0.15) is 0 Å². The standard InChI is InChI=1S/C52H35N/c1-2-13-36(14-3-1)37-25-29-42(30-26-37)53(43-31-27-38(28-32-43)51-34-40-15-4-6-19-45(40)47-21-8-10-23-49(47)51)44-18-12-17-39(33-44)52-35-41-16-5-7-20-46(41)48-22-9-11-24-50(48)52/h1-35H/i27D,28D,31D,32D. The van der Waals surface area contributed by atoms with E-state index in [1.807, 2.05) is 102 Å². The molecule has 0 N–H and O–H groups in total. The molecule has 10 rings (SSSR count). The maximum absolute atomic E-state index is 9.68. The van der Waals surface area contributed by atoms with Gasteiger partial charge in [-0.1, -0.05) is 164 Å². The molecule has 0 aliphatic rings. The lowest BCUT2D eigenvalue weighted by molar-refractivity contribution is 1.28. The third-order valence-electron chi connectivity index (χ3n) is 10.3. The second-order valence-electron chi connectivity index (χ2n) is 13.4. The van der Waals surface area contributed by atoms with E-state index in [-0.39, 0.29) is 35.4 Å². The van der Waals surface area contributed by atoms with E-state index in [9.17, 15) is 5.48 Å². The van der Waals surface area contributed by atoms with Crippen LogP contribution in [0.25, 0.3) is 76.5 Å². The number of anilines is 3. The van der Waals surface area contributed by atoms with Gasteiger partial charge in [-0.05, 0) is 125 Å². The van der Waals surface area contributed by atoms with Gasteiger partial charge in [-0.2, -0.15) is 0 Å². The van der Waals surface area contributed by atoms with Crippen molar-refractivity contribution >= 4 is 60.2 Å². The van der Waals surface area contributed by atoms with Crippen molar-refractivity contribution in [2.24, 2.45) is 0 Å². The van der Waals surface area contributed by atoms with Gasteiger partial charge < -0.3 is 4.90 Å². The Morgan fingerprint density at radius 2 is 0.755 bits per heavy atom. The van der Waals surface area contributed by atoms with Crippen molar-refractivity contribution in [3.63, 3.8) is 0 Å². The highest BCUT2D eigenvalue weighted by atomic mass is 15.1. The van der Waals surface area contributed by atoms with Crippen molar-refractivity contribution in [1.82, 2.24) is 0 Å². The summed E-state index contributed by atoms with van der Waals surface area (Å²) in [7, 11) is 0. The molecule has 0 amide bonds. The molecule has 1 nitrogen and oxygen atoms in total. The molecule has 0 saturated carbocycles. The minimum Gasteiger partial charge on any atom is -0.310 e. The maximum Gasteiger partial charge on any atom is 0.0645 e. The molecule has 0 saturated heterocycles. The van der Waals surface area contributed by atoms with E-state index < -0.39 is 0 Å². The highest BCUT2D eigenvalue weighted by Gasteiger charge is 2.17. The molecule has 0 bridgehead atoms. The summed E-state index contributed by atoms with van der Waals surface area (Å²) >= 11 is 0. The van der Waals surface area contributed by atoms with Gasteiger partial charge in [-0.15, -0.1) is 0 Å². The van der Waals surface area contributed by atoms with Gasteiger partial charge in [0, 0.05) is 17.1 Å². The van der Waals surface area contributed by atoms with Crippen molar-refractivity contribution in [2.75, 3.05) is 4.90 Å². The van der Waals surface area contributed by atoms with Crippen LogP contribution in [0.4, 0.5) is 17.1 Å². The molecule has 0 aliphatic heterocycles. The normalized spacial score (nSPS) is 12.5. The molecule has 0 fully saturated rings. The zero-order valence-corrected chi connectivity index (χ0v) is 28.8. The van der Waals surface area contributed by atoms with E-state index in [0.29, 0.717) is 5.56 Å². The first-order chi connectivity index (χ1) is 28.0. The smallest absolute Gasteiger partial charge is 0.0645 e. The summed E-state index contributed by atoms with van der Waals surface area (Å²) in [5.74, 6) is 0. The molecule has 0 unspecified atom stereocenters. The van der Waals surface area contributed by atoms with Gasteiger partial charge in [0.2, 0.25) is 0 Å². The van der Waals surface area contributed by atoms with Crippen LogP contribution in [-0.2, 0) is 0 Å². The number of hydrogen-bond acceptors (Lipinski definition) is 1. The first-order valence-corrected chi connectivity index (χ1v) is 17.9. The summed E-state index contributed by atoms with van der Waals surface area (Å²) < 4.78 is 38.5. The Morgan fingerprint density at radius 3 is 1.36 bits per heavy atom. The van der Waals surface area contributed by atoms with E-state index >= 15 is 0 Å². The Hall–Kier alpha value is -6.96. The predicted octanol–water partition coefficient (Wildman–Crippen LogP) is 14.8. The van der Waals surface area contributed by atoms with E-state index in [0.717, 1.165) is 65.9 Å². The Kier molecular flexibility index (Phi) is 6.56. The molecule has 0 heterocycles. The predicted molar refractivity (Wildman–Crippen MR) is 227 cm³/mol. The van der Waals surface area contributed by atoms with Crippen LogP contribution in [0.5, 0.6) is 0 Å². The fourth-order valence-electron chi connectivity index (χ4n) is 7.76. The van der Waals surface area contributed by atoms with Crippen molar-refractivity contribution in [2.45, 2.75) is 0 Å². The van der Waals surface area contributed by atoms with Gasteiger partial charge >= 0.3 is 0 Å². The number of benzene rings is 10. The van der Waals surface area contributed by atoms with Gasteiger partial charge in [0.25, 0.3) is 0 Å². The molecule has 0 aliphatic carbocycles. The number of nitrogens with zero attached hydrogens (tertiary/aromatic N) is 1. The lowest BCUT2D eigenvalue weighted by Crippen LogP contribution is -2.10. The summed E-state index contributed by atoms with van der Waals surface area (Å²) in [6.07, 6.45) is 0. The monoisotopic (exact) mass is 677 g/mol. The van der Waals surface area contributed by atoms with Crippen molar-refractivity contribution < 1.29 is 5.48 Å².